The summed E-state index contributed by atoms with van der Waals surface area (Å²) in [5.74, 6) is -1.10. The van der Waals surface area contributed by atoms with Crippen LogP contribution in [0.15, 0.2) is 42.5 Å². The van der Waals surface area contributed by atoms with Gasteiger partial charge in [-0.05, 0) is 61.7 Å². The Labute approximate surface area is 166 Å². The predicted octanol–water partition coefficient (Wildman–Crippen LogP) is 4.73. The standard InChI is InChI=1S/C21H21F3N2O3/c1-29-20(28)15-7-5-14(6-8-15)19(27)25-17-13-16(21(22,23)24)9-10-18(17)26-11-3-2-4-12-26/h5-10,13H,2-4,11-12H2,1H3,(H,25,27). The van der Waals surface area contributed by atoms with Crippen molar-refractivity contribution >= 4 is 23.3 Å². The van der Waals surface area contributed by atoms with Gasteiger partial charge in [-0.2, -0.15) is 13.2 Å². The topological polar surface area (TPSA) is 58.6 Å². The van der Waals surface area contributed by atoms with Gasteiger partial charge in [-0.15, -0.1) is 0 Å². The number of nitrogens with one attached hydrogen (secondary N) is 1. The lowest BCUT2D eigenvalue weighted by molar-refractivity contribution is -0.137. The Hall–Kier alpha value is -3.03. The van der Waals surface area contributed by atoms with E-state index in [1.807, 2.05) is 4.90 Å². The largest absolute Gasteiger partial charge is 0.465 e. The zero-order valence-corrected chi connectivity index (χ0v) is 15.9. The van der Waals surface area contributed by atoms with E-state index in [1.165, 1.54) is 37.4 Å². The number of methoxy groups -OCH3 is 1. The normalized spacial score (nSPS) is 14.4. The zero-order valence-electron chi connectivity index (χ0n) is 15.9. The van der Waals surface area contributed by atoms with Crippen molar-refractivity contribution < 1.29 is 27.5 Å². The van der Waals surface area contributed by atoms with E-state index in [9.17, 15) is 22.8 Å². The summed E-state index contributed by atoms with van der Waals surface area (Å²) in [4.78, 5) is 26.1. The Kier molecular flexibility index (Phi) is 6.10. The molecular weight excluding hydrogens is 385 g/mol. The number of rotatable bonds is 4. The van der Waals surface area contributed by atoms with Crippen molar-refractivity contribution in [2.75, 3.05) is 30.4 Å². The Morgan fingerprint density at radius 2 is 1.59 bits per heavy atom. The number of hydrogen-bond donors (Lipinski definition) is 1. The molecule has 2 aromatic rings. The molecule has 1 heterocycles. The highest BCUT2D eigenvalue weighted by Gasteiger charge is 2.32. The molecule has 0 radical (unpaired) electrons. The fraction of sp³-hybridized carbons (Fsp3) is 0.333. The summed E-state index contributed by atoms with van der Waals surface area (Å²) in [6, 6.07) is 9.11. The zero-order chi connectivity index (χ0) is 21.0. The van der Waals surface area contributed by atoms with E-state index in [-0.39, 0.29) is 16.8 Å². The maximum absolute atomic E-state index is 13.2. The highest BCUT2D eigenvalue weighted by Crippen LogP contribution is 2.36. The number of benzene rings is 2. The highest BCUT2D eigenvalue weighted by atomic mass is 19.4. The van der Waals surface area contributed by atoms with Gasteiger partial charge in [0.2, 0.25) is 0 Å². The van der Waals surface area contributed by atoms with Gasteiger partial charge >= 0.3 is 12.1 Å². The molecule has 0 atom stereocenters. The average molecular weight is 406 g/mol. The fourth-order valence-electron chi connectivity index (χ4n) is 3.29. The smallest absolute Gasteiger partial charge is 0.416 e. The van der Waals surface area contributed by atoms with Gasteiger partial charge in [-0.3, -0.25) is 4.79 Å². The van der Waals surface area contributed by atoms with Crippen LogP contribution in [0.1, 0.15) is 45.5 Å². The molecule has 1 amide bonds. The van der Waals surface area contributed by atoms with Crippen LogP contribution in [-0.2, 0) is 10.9 Å². The molecule has 1 fully saturated rings. The Balaban J connectivity index is 1.88. The van der Waals surface area contributed by atoms with Crippen LogP contribution < -0.4 is 10.2 Å². The van der Waals surface area contributed by atoms with Crippen molar-refractivity contribution in [1.29, 1.82) is 0 Å². The molecule has 0 aromatic heterocycles. The maximum atomic E-state index is 13.2. The van der Waals surface area contributed by atoms with Crippen molar-refractivity contribution in [2.24, 2.45) is 0 Å². The molecular formula is C21H21F3N2O3. The quantitative estimate of drug-likeness (QED) is 0.746. The van der Waals surface area contributed by atoms with Gasteiger partial charge in [-0.25, -0.2) is 4.79 Å². The molecule has 0 spiro atoms. The Bertz CT molecular complexity index is 889. The first-order chi connectivity index (χ1) is 13.8. The van der Waals surface area contributed by atoms with E-state index in [1.54, 1.807) is 0 Å². The summed E-state index contributed by atoms with van der Waals surface area (Å²) in [5.41, 5.74) is 0.354. The second kappa shape index (κ2) is 8.55. The van der Waals surface area contributed by atoms with E-state index in [0.717, 1.165) is 44.5 Å². The maximum Gasteiger partial charge on any atom is 0.416 e. The van der Waals surface area contributed by atoms with Crippen molar-refractivity contribution in [3.05, 3.63) is 59.2 Å². The van der Waals surface area contributed by atoms with Crippen molar-refractivity contribution in [1.82, 2.24) is 0 Å². The lowest BCUT2D eigenvalue weighted by Gasteiger charge is -2.31. The molecule has 1 aliphatic heterocycles. The van der Waals surface area contributed by atoms with E-state index >= 15 is 0 Å². The predicted molar refractivity (Wildman–Crippen MR) is 103 cm³/mol. The van der Waals surface area contributed by atoms with Crippen molar-refractivity contribution in [3.63, 3.8) is 0 Å². The number of carbonyl (C=O) groups is 2. The molecule has 1 N–H and O–H groups in total. The van der Waals surface area contributed by atoms with Gasteiger partial charge in [0, 0.05) is 18.7 Å². The average Bonchev–Trinajstić information content (AvgIpc) is 2.73. The van der Waals surface area contributed by atoms with Crippen LogP contribution in [0.3, 0.4) is 0 Å². The van der Waals surface area contributed by atoms with Crippen molar-refractivity contribution in [3.8, 4) is 0 Å². The van der Waals surface area contributed by atoms with E-state index < -0.39 is 23.6 Å². The lowest BCUT2D eigenvalue weighted by Crippen LogP contribution is -2.30. The number of piperidine rings is 1. The lowest BCUT2D eigenvalue weighted by atomic mass is 10.1. The van der Waals surface area contributed by atoms with Gasteiger partial charge in [0.1, 0.15) is 0 Å². The summed E-state index contributed by atoms with van der Waals surface area (Å²) in [6.45, 7) is 1.45. The van der Waals surface area contributed by atoms with Crippen LogP contribution in [-0.4, -0.2) is 32.1 Å². The number of nitrogens with zero attached hydrogens (tertiary/aromatic N) is 1. The number of carbonyl (C=O) groups excluding carboxylic acids is 2. The first-order valence-corrected chi connectivity index (χ1v) is 9.25. The SMILES string of the molecule is COC(=O)c1ccc(C(=O)Nc2cc(C(F)(F)F)ccc2N2CCCCC2)cc1. The molecule has 0 bridgehead atoms. The number of amides is 1. The summed E-state index contributed by atoms with van der Waals surface area (Å²) in [6.07, 6.45) is -1.54. The minimum atomic E-state index is -4.51. The second-order valence-electron chi connectivity index (χ2n) is 6.80. The number of esters is 1. The van der Waals surface area contributed by atoms with Crippen LogP contribution in [0.5, 0.6) is 0 Å². The number of hydrogen-bond acceptors (Lipinski definition) is 4. The minimum Gasteiger partial charge on any atom is -0.465 e. The van der Waals surface area contributed by atoms with Gasteiger partial charge in [-0.1, -0.05) is 0 Å². The molecule has 0 saturated carbocycles. The highest BCUT2D eigenvalue weighted by molar-refractivity contribution is 6.06. The number of ether oxygens (including phenoxy) is 1. The molecule has 154 valence electrons. The van der Waals surface area contributed by atoms with Gasteiger partial charge in [0.15, 0.2) is 0 Å². The monoisotopic (exact) mass is 406 g/mol. The first kappa shape index (κ1) is 20.7. The third-order valence-corrected chi connectivity index (χ3v) is 4.84. The molecule has 5 nitrogen and oxygen atoms in total. The van der Waals surface area contributed by atoms with E-state index in [4.69, 9.17) is 0 Å². The summed E-state index contributed by atoms with van der Waals surface area (Å²) in [5, 5.41) is 2.60. The molecule has 8 heteroatoms. The summed E-state index contributed by atoms with van der Waals surface area (Å²) in [7, 11) is 1.25. The minimum absolute atomic E-state index is 0.115. The van der Waals surface area contributed by atoms with Crippen LogP contribution in [0.4, 0.5) is 24.5 Å². The molecule has 3 rings (SSSR count). The van der Waals surface area contributed by atoms with E-state index in [2.05, 4.69) is 10.1 Å². The van der Waals surface area contributed by atoms with Gasteiger partial charge in [0.05, 0.1) is 29.6 Å². The Morgan fingerprint density at radius 1 is 0.966 bits per heavy atom. The third-order valence-electron chi connectivity index (χ3n) is 4.84. The number of anilines is 2. The molecule has 29 heavy (non-hydrogen) atoms. The molecule has 0 aliphatic carbocycles. The van der Waals surface area contributed by atoms with Crippen LogP contribution in [0.25, 0.3) is 0 Å². The van der Waals surface area contributed by atoms with E-state index in [0.29, 0.717) is 5.69 Å². The van der Waals surface area contributed by atoms with Gasteiger partial charge < -0.3 is 15.0 Å². The molecule has 1 aliphatic rings. The first-order valence-electron chi connectivity index (χ1n) is 9.25. The number of halogens is 3. The molecule has 2 aromatic carbocycles. The molecule has 0 unspecified atom stereocenters. The van der Waals surface area contributed by atoms with Crippen LogP contribution in [0.2, 0.25) is 0 Å². The molecule has 1 saturated heterocycles. The summed E-state index contributed by atoms with van der Waals surface area (Å²) < 4.78 is 44.2. The second-order valence-corrected chi connectivity index (χ2v) is 6.80. The fourth-order valence-corrected chi connectivity index (χ4v) is 3.29. The van der Waals surface area contributed by atoms with Crippen molar-refractivity contribution in [2.45, 2.75) is 25.4 Å². The summed E-state index contributed by atoms with van der Waals surface area (Å²) >= 11 is 0. The Morgan fingerprint density at radius 3 is 2.17 bits per heavy atom. The third kappa shape index (κ3) is 4.88. The van der Waals surface area contributed by atoms with Crippen LogP contribution >= 0.6 is 0 Å². The number of alkyl halides is 3. The van der Waals surface area contributed by atoms with Gasteiger partial charge in [0.25, 0.3) is 5.91 Å². The van der Waals surface area contributed by atoms with Crippen LogP contribution in [0, 0.1) is 0 Å².